The number of benzene rings is 2. The molecule has 0 N–H and O–H groups in total. The Bertz CT molecular complexity index is 412. The summed E-state index contributed by atoms with van der Waals surface area (Å²) in [6.45, 7) is 14.3. The van der Waals surface area contributed by atoms with E-state index in [1.165, 1.54) is 22.3 Å². The standard InChI is InChI=1S/C14H14.C2H6.C2H4/c1-11-7-3-5-9-13(11)14-10-6-4-8-12(14)2;2*1-2/h3-10H,1-2H3;1-2H3;1-2H2. The molecule has 0 aliphatic carbocycles. The molecule has 0 aromatic heterocycles. The van der Waals surface area contributed by atoms with Crippen molar-refractivity contribution in [2.75, 3.05) is 0 Å². The van der Waals surface area contributed by atoms with E-state index >= 15 is 0 Å². The van der Waals surface area contributed by atoms with Crippen LogP contribution in [0.15, 0.2) is 61.7 Å². The van der Waals surface area contributed by atoms with Gasteiger partial charge in [-0.25, -0.2) is 0 Å². The van der Waals surface area contributed by atoms with Crippen LogP contribution in [0.1, 0.15) is 25.0 Å². The zero-order valence-electron chi connectivity index (χ0n) is 12.0. The van der Waals surface area contributed by atoms with E-state index in [0.29, 0.717) is 0 Å². The van der Waals surface area contributed by atoms with E-state index in [4.69, 9.17) is 0 Å². The Morgan fingerprint density at radius 2 is 0.889 bits per heavy atom. The minimum atomic E-state index is 1.34. The van der Waals surface area contributed by atoms with Crippen LogP contribution in [-0.2, 0) is 0 Å². The molecule has 0 saturated carbocycles. The van der Waals surface area contributed by atoms with E-state index in [2.05, 4.69) is 75.5 Å². The minimum absolute atomic E-state index is 1.34. The fourth-order valence-electron chi connectivity index (χ4n) is 1.75. The highest BCUT2D eigenvalue weighted by Crippen LogP contribution is 2.25. The van der Waals surface area contributed by atoms with Gasteiger partial charge in [-0.05, 0) is 36.1 Å². The summed E-state index contributed by atoms with van der Waals surface area (Å²) in [5.74, 6) is 0. The maximum Gasteiger partial charge on any atom is -0.0152 e. The van der Waals surface area contributed by atoms with E-state index in [1.54, 1.807) is 0 Å². The van der Waals surface area contributed by atoms with Crippen molar-refractivity contribution in [2.24, 2.45) is 0 Å². The van der Waals surface area contributed by atoms with Crippen molar-refractivity contribution in [2.45, 2.75) is 27.7 Å². The molecule has 2 aromatic carbocycles. The fraction of sp³-hybridized carbons (Fsp3) is 0.222. The zero-order valence-corrected chi connectivity index (χ0v) is 12.0. The molecule has 2 aromatic rings. The molecule has 0 radical (unpaired) electrons. The van der Waals surface area contributed by atoms with E-state index in [9.17, 15) is 0 Å². The van der Waals surface area contributed by atoms with Crippen LogP contribution >= 0.6 is 0 Å². The average molecular weight is 240 g/mol. The lowest BCUT2D eigenvalue weighted by Gasteiger charge is -2.08. The molecule has 0 aliphatic heterocycles. The van der Waals surface area contributed by atoms with Gasteiger partial charge in [0.1, 0.15) is 0 Å². The van der Waals surface area contributed by atoms with Gasteiger partial charge in [-0.3, -0.25) is 0 Å². The highest BCUT2D eigenvalue weighted by molar-refractivity contribution is 5.70. The first-order chi connectivity index (χ1) is 8.79. The molecule has 0 bridgehead atoms. The smallest absolute Gasteiger partial charge is 0.0152 e. The largest absolute Gasteiger partial charge is 0.106 e. The molecule has 2 rings (SSSR count). The molecule has 0 unspecified atom stereocenters. The number of rotatable bonds is 1. The Labute approximate surface area is 112 Å². The Kier molecular flexibility index (Phi) is 8.30. The first-order valence-corrected chi connectivity index (χ1v) is 6.40. The molecule has 0 amide bonds. The lowest BCUT2D eigenvalue weighted by Crippen LogP contribution is -1.85. The van der Waals surface area contributed by atoms with Crippen LogP contribution < -0.4 is 0 Å². The Morgan fingerprint density at radius 3 is 1.17 bits per heavy atom. The highest BCUT2D eigenvalue weighted by Gasteiger charge is 2.02. The summed E-state index contributed by atoms with van der Waals surface area (Å²) < 4.78 is 0. The van der Waals surface area contributed by atoms with Gasteiger partial charge in [0.15, 0.2) is 0 Å². The summed E-state index contributed by atoms with van der Waals surface area (Å²) in [5.41, 5.74) is 5.35. The topological polar surface area (TPSA) is 0 Å². The highest BCUT2D eigenvalue weighted by atomic mass is 14.1. The third kappa shape index (κ3) is 4.21. The Morgan fingerprint density at radius 1 is 0.611 bits per heavy atom. The molecule has 0 aliphatic rings. The third-order valence-corrected chi connectivity index (χ3v) is 2.58. The van der Waals surface area contributed by atoms with Crippen molar-refractivity contribution in [1.82, 2.24) is 0 Å². The van der Waals surface area contributed by atoms with Gasteiger partial charge in [-0.15, -0.1) is 13.2 Å². The SMILES string of the molecule is C=C.CC.Cc1ccccc1-c1ccccc1C. The summed E-state index contributed by atoms with van der Waals surface area (Å²) >= 11 is 0. The van der Waals surface area contributed by atoms with Crippen LogP contribution in [0.2, 0.25) is 0 Å². The second-order valence-electron chi connectivity index (χ2n) is 3.63. The van der Waals surface area contributed by atoms with Crippen LogP contribution in [-0.4, -0.2) is 0 Å². The van der Waals surface area contributed by atoms with E-state index in [1.807, 2.05) is 13.8 Å². The summed E-state index contributed by atoms with van der Waals surface area (Å²) in [5, 5.41) is 0. The van der Waals surface area contributed by atoms with Gasteiger partial charge in [0.25, 0.3) is 0 Å². The van der Waals surface area contributed by atoms with Gasteiger partial charge in [0, 0.05) is 0 Å². The lowest BCUT2D eigenvalue weighted by atomic mass is 9.97. The summed E-state index contributed by atoms with van der Waals surface area (Å²) in [7, 11) is 0. The Hall–Kier alpha value is -1.82. The predicted octanol–water partition coefficient (Wildman–Crippen LogP) is 5.80. The van der Waals surface area contributed by atoms with Crippen molar-refractivity contribution < 1.29 is 0 Å². The minimum Gasteiger partial charge on any atom is -0.106 e. The van der Waals surface area contributed by atoms with Crippen LogP contribution in [0.4, 0.5) is 0 Å². The van der Waals surface area contributed by atoms with Crippen LogP contribution in [0.3, 0.4) is 0 Å². The van der Waals surface area contributed by atoms with Gasteiger partial charge in [0.2, 0.25) is 0 Å². The number of aryl methyl sites for hydroxylation is 2. The number of hydrogen-bond donors (Lipinski definition) is 0. The van der Waals surface area contributed by atoms with Crippen molar-refractivity contribution in [3.8, 4) is 11.1 Å². The van der Waals surface area contributed by atoms with Gasteiger partial charge in [0.05, 0.1) is 0 Å². The molecule has 0 spiro atoms. The molecular formula is C18H24. The van der Waals surface area contributed by atoms with Gasteiger partial charge in [-0.1, -0.05) is 62.4 Å². The summed E-state index contributed by atoms with van der Waals surface area (Å²) in [6, 6.07) is 17.0. The normalized spacial score (nSPS) is 8.44. The van der Waals surface area contributed by atoms with Crippen molar-refractivity contribution in [3.05, 3.63) is 72.8 Å². The predicted molar refractivity (Wildman–Crippen MR) is 84.0 cm³/mol. The number of hydrogen-bond acceptors (Lipinski definition) is 0. The molecule has 0 atom stereocenters. The quantitative estimate of drug-likeness (QED) is 0.553. The van der Waals surface area contributed by atoms with Crippen molar-refractivity contribution >= 4 is 0 Å². The average Bonchev–Trinajstić information content (AvgIpc) is 2.45. The Balaban J connectivity index is 0.000000659. The molecule has 0 nitrogen and oxygen atoms in total. The summed E-state index contributed by atoms with van der Waals surface area (Å²) in [4.78, 5) is 0. The molecule has 18 heavy (non-hydrogen) atoms. The third-order valence-electron chi connectivity index (χ3n) is 2.58. The first-order valence-electron chi connectivity index (χ1n) is 6.40. The summed E-state index contributed by atoms with van der Waals surface area (Å²) in [6.07, 6.45) is 0. The second kappa shape index (κ2) is 9.23. The monoisotopic (exact) mass is 240 g/mol. The maximum absolute atomic E-state index is 3.00. The van der Waals surface area contributed by atoms with Crippen molar-refractivity contribution in [3.63, 3.8) is 0 Å². The van der Waals surface area contributed by atoms with Crippen LogP contribution in [0.5, 0.6) is 0 Å². The van der Waals surface area contributed by atoms with Gasteiger partial charge < -0.3 is 0 Å². The van der Waals surface area contributed by atoms with E-state index < -0.39 is 0 Å². The van der Waals surface area contributed by atoms with E-state index in [-0.39, 0.29) is 0 Å². The fourth-order valence-corrected chi connectivity index (χ4v) is 1.75. The maximum atomic E-state index is 3.00. The molecule has 0 saturated heterocycles. The lowest BCUT2D eigenvalue weighted by molar-refractivity contribution is 1.41. The molecular weight excluding hydrogens is 216 g/mol. The molecule has 0 heteroatoms. The molecule has 0 fully saturated rings. The van der Waals surface area contributed by atoms with Crippen molar-refractivity contribution in [1.29, 1.82) is 0 Å². The molecule has 0 heterocycles. The zero-order chi connectivity index (χ0) is 14.0. The van der Waals surface area contributed by atoms with Gasteiger partial charge >= 0.3 is 0 Å². The first kappa shape index (κ1) is 16.2. The van der Waals surface area contributed by atoms with Gasteiger partial charge in [-0.2, -0.15) is 0 Å². The second-order valence-corrected chi connectivity index (χ2v) is 3.63. The molecule has 96 valence electrons. The van der Waals surface area contributed by atoms with E-state index in [0.717, 1.165) is 0 Å². The van der Waals surface area contributed by atoms with Crippen LogP contribution in [0.25, 0.3) is 11.1 Å². The van der Waals surface area contributed by atoms with Crippen LogP contribution in [0, 0.1) is 13.8 Å².